The minimum atomic E-state index is -1.62. The summed E-state index contributed by atoms with van der Waals surface area (Å²) in [6.07, 6.45) is 1.93. The summed E-state index contributed by atoms with van der Waals surface area (Å²) in [5, 5.41) is 12.3. The number of amides is 6. The van der Waals surface area contributed by atoms with Crippen molar-refractivity contribution in [3.05, 3.63) is 91.0 Å². The number of urea groups is 1. The van der Waals surface area contributed by atoms with Gasteiger partial charge < -0.3 is 20.3 Å². The number of hydrazine groups is 1. The van der Waals surface area contributed by atoms with E-state index in [1.54, 1.807) is 48.5 Å². The summed E-state index contributed by atoms with van der Waals surface area (Å²) in [5.74, 6) is -6.68. The molecule has 7 rings (SSSR count). The van der Waals surface area contributed by atoms with Crippen LogP contribution in [0.15, 0.2) is 66.2 Å². The van der Waals surface area contributed by atoms with Crippen LogP contribution in [0.2, 0.25) is 10.0 Å². The number of rotatable bonds is 6. The van der Waals surface area contributed by atoms with Crippen molar-refractivity contribution < 1.29 is 38.6 Å². The second kappa shape index (κ2) is 12.5. The molecule has 50 heavy (non-hydrogen) atoms. The maximum Gasteiger partial charge on any atom is 0.328 e. The third kappa shape index (κ3) is 4.88. The SMILES string of the molecule is COc1ccc([C@@]23C(=O)N(Nc4ccc(Cl)cc4Cl)C(=O)[C@@H]2C[C@@H]2C(=CC[C@@H]4C(=O)N(C(N)=O)C(=O)[C@@H]42)[C@@H]3c2cc(I)c(O)c(OC)c2)cc1. The fourth-order valence-corrected chi connectivity index (χ4v) is 9.43. The lowest BCUT2D eigenvalue weighted by Crippen LogP contribution is -2.53. The van der Waals surface area contributed by atoms with Gasteiger partial charge in [0.05, 0.1) is 51.7 Å². The number of imide groups is 4. The zero-order valence-corrected chi connectivity index (χ0v) is 30.2. The van der Waals surface area contributed by atoms with Gasteiger partial charge in [0.25, 0.3) is 11.8 Å². The van der Waals surface area contributed by atoms with Crippen LogP contribution in [0.5, 0.6) is 17.2 Å². The van der Waals surface area contributed by atoms with Crippen molar-refractivity contribution in [2.45, 2.75) is 24.2 Å². The molecule has 3 fully saturated rings. The lowest BCUT2D eigenvalue weighted by molar-refractivity contribution is -0.139. The Kier molecular flexibility index (Phi) is 8.50. The number of phenolic OH excluding ortho intramolecular Hbond substituents is 1. The fourth-order valence-electron chi connectivity index (χ4n) is 8.35. The number of hydrogen-bond acceptors (Lipinski definition) is 9. The van der Waals surface area contributed by atoms with Crippen molar-refractivity contribution in [3.8, 4) is 17.2 Å². The van der Waals surface area contributed by atoms with Crippen LogP contribution < -0.4 is 20.6 Å². The lowest BCUT2D eigenvalue weighted by atomic mass is 9.49. The van der Waals surface area contributed by atoms with E-state index in [9.17, 15) is 24.3 Å². The van der Waals surface area contributed by atoms with E-state index in [2.05, 4.69) is 5.43 Å². The van der Waals surface area contributed by atoms with Gasteiger partial charge in [0.15, 0.2) is 11.5 Å². The van der Waals surface area contributed by atoms with Crippen molar-refractivity contribution in [3.63, 3.8) is 0 Å². The molecule has 6 atom stereocenters. The number of aromatic hydroxyl groups is 1. The highest BCUT2D eigenvalue weighted by atomic mass is 127. The van der Waals surface area contributed by atoms with E-state index in [-0.39, 0.29) is 35.1 Å². The largest absolute Gasteiger partial charge is 0.504 e. The predicted octanol–water partition coefficient (Wildman–Crippen LogP) is 5.38. The number of carbonyl (C=O) groups is 5. The molecule has 15 heteroatoms. The van der Waals surface area contributed by atoms with E-state index in [0.29, 0.717) is 35.9 Å². The van der Waals surface area contributed by atoms with Gasteiger partial charge in [0.1, 0.15) is 5.75 Å². The maximum absolute atomic E-state index is 15.3. The zero-order valence-electron chi connectivity index (χ0n) is 26.5. The number of carbonyl (C=O) groups excluding carboxylic acids is 5. The third-order valence-corrected chi connectivity index (χ3v) is 11.8. The number of fused-ring (bicyclic) bond motifs is 4. The number of anilines is 1. The Morgan fingerprint density at radius 3 is 2.34 bits per heavy atom. The van der Waals surface area contributed by atoms with Crippen LogP contribution in [0.4, 0.5) is 10.5 Å². The molecule has 2 saturated heterocycles. The number of nitrogens with zero attached hydrogens (tertiary/aromatic N) is 2. The van der Waals surface area contributed by atoms with Gasteiger partial charge in [-0.2, -0.15) is 9.91 Å². The number of nitrogens with two attached hydrogens (primary N) is 1. The van der Waals surface area contributed by atoms with Crippen molar-refractivity contribution in [2.24, 2.45) is 29.4 Å². The summed E-state index contributed by atoms with van der Waals surface area (Å²) < 4.78 is 11.4. The van der Waals surface area contributed by atoms with Crippen molar-refractivity contribution >= 4 is 81.1 Å². The van der Waals surface area contributed by atoms with Gasteiger partial charge in [-0.15, -0.1) is 0 Å². The van der Waals surface area contributed by atoms with Crippen molar-refractivity contribution in [2.75, 3.05) is 19.6 Å². The number of phenols is 1. The van der Waals surface area contributed by atoms with Crippen LogP contribution >= 0.6 is 45.8 Å². The summed E-state index contributed by atoms with van der Waals surface area (Å²) in [7, 11) is 2.91. The molecule has 0 radical (unpaired) electrons. The Labute approximate surface area is 309 Å². The molecule has 2 aliphatic carbocycles. The van der Waals surface area contributed by atoms with E-state index in [1.165, 1.54) is 20.3 Å². The quantitative estimate of drug-likeness (QED) is 0.168. The van der Waals surface area contributed by atoms with E-state index >= 15 is 4.79 Å². The minimum Gasteiger partial charge on any atom is -0.504 e. The Bertz CT molecular complexity index is 2040. The summed E-state index contributed by atoms with van der Waals surface area (Å²) in [6, 6.07) is 13.6. The number of likely N-dealkylation sites (tertiary alicyclic amines) is 1. The highest BCUT2D eigenvalue weighted by molar-refractivity contribution is 14.1. The number of benzene rings is 3. The average Bonchev–Trinajstić information content (AvgIpc) is 3.48. The molecular weight excluding hydrogens is 802 g/mol. The third-order valence-electron chi connectivity index (χ3n) is 10.4. The number of primary amides is 1. The van der Waals surface area contributed by atoms with E-state index in [4.69, 9.17) is 38.4 Å². The molecule has 3 aromatic rings. The van der Waals surface area contributed by atoms with Gasteiger partial charge in [0, 0.05) is 10.9 Å². The molecular formula is C35H29Cl2IN4O8. The van der Waals surface area contributed by atoms with Gasteiger partial charge >= 0.3 is 6.03 Å². The monoisotopic (exact) mass is 830 g/mol. The van der Waals surface area contributed by atoms with Crippen LogP contribution in [-0.4, -0.2) is 58.9 Å². The number of ether oxygens (including phenoxy) is 2. The van der Waals surface area contributed by atoms with Gasteiger partial charge in [-0.25, -0.2) is 4.79 Å². The lowest BCUT2D eigenvalue weighted by Gasteiger charge is -2.50. The first-order valence-corrected chi connectivity index (χ1v) is 17.4. The molecule has 0 spiro atoms. The topological polar surface area (TPSA) is 169 Å². The van der Waals surface area contributed by atoms with Crippen molar-refractivity contribution in [1.82, 2.24) is 9.91 Å². The molecule has 2 heterocycles. The first-order chi connectivity index (χ1) is 23.8. The molecule has 4 N–H and O–H groups in total. The fraction of sp³-hybridized carbons (Fsp3) is 0.286. The molecule has 12 nitrogen and oxygen atoms in total. The first-order valence-electron chi connectivity index (χ1n) is 15.5. The number of nitrogens with one attached hydrogen (secondary N) is 1. The van der Waals surface area contributed by atoms with Crippen LogP contribution in [0.1, 0.15) is 29.9 Å². The molecule has 2 aliphatic heterocycles. The van der Waals surface area contributed by atoms with Gasteiger partial charge in [-0.05, 0) is 94.9 Å². The Balaban J connectivity index is 1.50. The minimum absolute atomic E-state index is 0.00936. The van der Waals surface area contributed by atoms with Crippen LogP contribution in [-0.2, 0) is 24.6 Å². The molecule has 0 bridgehead atoms. The zero-order chi connectivity index (χ0) is 35.8. The van der Waals surface area contributed by atoms with Gasteiger partial charge in [-0.3, -0.25) is 24.6 Å². The van der Waals surface area contributed by atoms with Crippen LogP contribution in [0.25, 0.3) is 0 Å². The number of allylic oxidation sites excluding steroid dienone is 2. The summed E-state index contributed by atoms with van der Waals surface area (Å²) in [5.41, 5.74) is 8.71. The molecule has 6 amide bonds. The Hall–Kier alpha value is -4.34. The first kappa shape index (κ1) is 34.1. The normalized spacial score (nSPS) is 27.1. The van der Waals surface area contributed by atoms with E-state index in [0.717, 1.165) is 5.01 Å². The number of halogens is 3. The van der Waals surface area contributed by atoms with Crippen LogP contribution in [0, 0.1) is 27.2 Å². The summed E-state index contributed by atoms with van der Waals surface area (Å²) in [4.78, 5) is 70.0. The molecule has 1 saturated carbocycles. The summed E-state index contributed by atoms with van der Waals surface area (Å²) >= 11 is 14.6. The van der Waals surface area contributed by atoms with Crippen LogP contribution in [0.3, 0.4) is 0 Å². The smallest absolute Gasteiger partial charge is 0.328 e. The predicted molar refractivity (Wildman–Crippen MR) is 189 cm³/mol. The molecule has 0 aromatic heterocycles. The molecule has 3 aromatic carbocycles. The Morgan fingerprint density at radius 1 is 0.980 bits per heavy atom. The van der Waals surface area contributed by atoms with E-state index < -0.39 is 64.7 Å². The average molecular weight is 831 g/mol. The molecule has 4 aliphatic rings. The number of methoxy groups -OCH3 is 2. The van der Waals surface area contributed by atoms with Gasteiger partial charge in [0.2, 0.25) is 11.8 Å². The second-order valence-corrected chi connectivity index (χ2v) is 14.6. The maximum atomic E-state index is 15.3. The van der Waals surface area contributed by atoms with Gasteiger partial charge in [-0.1, -0.05) is 47.0 Å². The summed E-state index contributed by atoms with van der Waals surface area (Å²) in [6.45, 7) is 0. The highest BCUT2D eigenvalue weighted by Crippen LogP contribution is 2.64. The molecule has 0 unspecified atom stereocenters. The highest BCUT2D eigenvalue weighted by Gasteiger charge is 2.70. The number of hydrogen-bond donors (Lipinski definition) is 3. The van der Waals surface area contributed by atoms with Crippen molar-refractivity contribution in [1.29, 1.82) is 0 Å². The standard InChI is InChI=1S/C35H29Cl2IN4O8/c1-49-18-6-3-16(4-7-18)35-22(31(45)42(33(35)47)40-25-10-5-17(36)13-23(25)37)14-21-19(28(35)15-11-24(38)29(43)26(12-15)50-2)8-9-20-27(21)32(46)41(30(20)44)34(39)48/h3-8,10-13,20-22,27-28,40,43H,9,14H2,1-2H3,(H2,39,48)/t20-,21+,22-,27-,28-,35+/m0/s1. The second-order valence-electron chi connectivity index (χ2n) is 12.6. The molecule has 258 valence electrons. The van der Waals surface area contributed by atoms with E-state index in [1.807, 2.05) is 28.7 Å². The Morgan fingerprint density at radius 2 is 1.70 bits per heavy atom.